The van der Waals surface area contributed by atoms with Crippen molar-refractivity contribution in [1.82, 2.24) is 23.9 Å². The predicted molar refractivity (Wildman–Crippen MR) is 245 cm³/mol. The number of anilines is 1. The maximum atomic E-state index is 12.6. The third kappa shape index (κ3) is 8.07. The third-order valence-electron chi connectivity index (χ3n) is 12.1. The monoisotopic (exact) mass is 830 g/mol. The molecule has 0 bridgehead atoms. The van der Waals surface area contributed by atoms with E-state index in [9.17, 15) is 4.79 Å². The molecule has 0 fully saturated rings. The molecule has 2 aromatic carbocycles. The second kappa shape index (κ2) is 17.4. The minimum absolute atomic E-state index is 0.0290. The lowest BCUT2D eigenvalue weighted by Crippen LogP contribution is -2.26. The molecule has 0 radical (unpaired) electrons. The molecule has 0 N–H and O–H groups in total. The number of allylic oxidation sites excluding steroid dienone is 2. The zero-order chi connectivity index (χ0) is 42.3. The van der Waals surface area contributed by atoms with E-state index in [1.54, 1.807) is 0 Å². The van der Waals surface area contributed by atoms with Gasteiger partial charge in [-0.2, -0.15) is 5.10 Å². The first-order valence-corrected chi connectivity index (χ1v) is 21.4. The van der Waals surface area contributed by atoms with Crippen molar-refractivity contribution < 1.29 is 9.53 Å². The molecule has 10 heteroatoms. The molecule has 308 valence electrons. The van der Waals surface area contributed by atoms with Gasteiger partial charge in [-0.25, -0.2) is 0 Å². The van der Waals surface area contributed by atoms with Crippen molar-refractivity contribution in [2.24, 2.45) is 7.05 Å². The van der Waals surface area contributed by atoms with Gasteiger partial charge in [-0.3, -0.25) is 14.5 Å². The first kappa shape index (κ1) is 42.2. The van der Waals surface area contributed by atoms with E-state index in [1.165, 1.54) is 27.8 Å². The Morgan fingerprint density at radius 2 is 1.80 bits per heavy atom. The molecule has 4 heterocycles. The number of aromatic nitrogens is 5. The molecular weight excluding hydrogens is 775 g/mol. The van der Waals surface area contributed by atoms with Gasteiger partial charge in [0.15, 0.2) is 6.29 Å². The Balaban J connectivity index is 1.30. The summed E-state index contributed by atoms with van der Waals surface area (Å²) >= 11 is 13.7. The van der Waals surface area contributed by atoms with Crippen molar-refractivity contribution in [3.05, 3.63) is 134 Å². The van der Waals surface area contributed by atoms with Crippen molar-refractivity contribution >= 4 is 57.0 Å². The normalized spacial score (nSPS) is 15.0. The number of aryl methyl sites for hydroxylation is 5. The van der Waals surface area contributed by atoms with Crippen LogP contribution < -0.4 is 4.90 Å². The molecule has 0 aliphatic heterocycles. The SMILES string of the molecule is C=CN(C[C@@H](C)n1c(C)c(CCCOC2C=C(C)C(Cl)=C(C)C2)c2ccc(Cl)c(-c3c(C)nn(C)c3C)c21)c1cc(C)cc2cc(C=O)n(Cc3cc(CC)ccn3)c12. The quantitative estimate of drug-likeness (QED) is 0.0761. The van der Waals surface area contributed by atoms with Crippen molar-refractivity contribution in [2.45, 2.75) is 99.8 Å². The highest BCUT2D eigenvalue weighted by atomic mass is 35.5. The summed E-state index contributed by atoms with van der Waals surface area (Å²) < 4.78 is 12.9. The Morgan fingerprint density at radius 3 is 2.47 bits per heavy atom. The number of nitrogens with zero attached hydrogens (tertiary/aromatic N) is 6. The number of fused-ring (bicyclic) bond motifs is 2. The third-order valence-corrected chi connectivity index (χ3v) is 13.1. The fourth-order valence-corrected chi connectivity index (χ4v) is 9.60. The summed E-state index contributed by atoms with van der Waals surface area (Å²) in [5.74, 6) is 0. The number of hydrogen-bond donors (Lipinski definition) is 0. The van der Waals surface area contributed by atoms with Crippen LogP contribution in [0, 0.1) is 27.7 Å². The summed E-state index contributed by atoms with van der Waals surface area (Å²) in [5.41, 5.74) is 15.7. The number of aldehydes is 1. The van der Waals surface area contributed by atoms with Crippen LogP contribution in [0.2, 0.25) is 5.02 Å². The molecule has 0 amide bonds. The molecule has 0 saturated heterocycles. The van der Waals surface area contributed by atoms with E-state index in [4.69, 9.17) is 38.0 Å². The van der Waals surface area contributed by atoms with Crippen molar-refractivity contribution in [3.8, 4) is 11.1 Å². The second-order valence-corrected chi connectivity index (χ2v) is 17.1. The summed E-state index contributed by atoms with van der Waals surface area (Å²) in [6.45, 7) is 23.1. The van der Waals surface area contributed by atoms with Gasteiger partial charge < -0.3 is 18.8 Å². The van der Waals surface area contributed by atoms with Crippen LogP contribution in [0.3, 0.4) is 0 Å². The van der Waals surface area contributed by atoms with Crippen LogP contribution in [0.1, 0.15) is 96.5 Å². The van der Waals surface area contributed by atoms with Gasteiger partial charge in [0.05, 0.1) is 51.5 Å². The fraction of sp³-hybridized carbons (Fsp3) is 0.367. The molecule has 6 aromatic rings. The molecule has 0 spiro atoms. The number of halogens is 2. The Morgan fingerprint density at radius 1 is 1.02 bits per heavy atom. The smallest absolute Gasteiger partial charge is 0.166 e. The average Bonchev–Trinajstić information content (AvgIpc) is 3.79. The maximum Gasteiger partial charge on any atom is 0.166 e. The highest BCUT2D eigenvalue weighted by molar-refractivity contribution is 6.35. The standard InChI is InChI=1S/C49H56Cl2N6O2/c1-11-36-17-18-52-38(24-36)27-56-39(28-58)25-37-20-29(3)21-44(48(37)56)55(12-2)26-32(6)57-34(8)41(14-13-19-59-40-22-30(4)47(51)31(5)23-40)42-15-16-43(50)46(49(42)57)45-33(7)53-54(10)35(45)9/h12,15-18,20-22,24-25,28,32,40H,2,11,13-14,19,23,26-27H2,1,3-10H3/t32-,40?/m1/s1. The van der Waals surface area contributed by atoms with Gasteiger partial charge in [0.2, 0.25) is 0 Å². The highest BCUT2D eigenvalue weighted by Crippen LogP contribution is 2.44. The summed E-state index contributed by atoms with van der Waals surface area (Å²) in [5, 5.41) is 8.56. The summed E-state index contributed by atoms with van der Waals surface area (Å²) in [6.07, 6.45) is 10.3. The molecule has 7 rings (SSSR count). The zero-order valence-corrected chi connectivity index (χ0v) is 37.4. The van der Waals surface area contributed by atoms with E-state index in [2.05, 4.69) is 99.4 Å². The molecular formula is C49H56Cl2N6O2. The van der Waals surface area contributed by atoms with Gasteiger partial charge >= 0.3 is 0 Å². The van der Waals surface area contributed by atoms with Crippen LogP contribution in [0.15, 0.2) is 83.7 Å². The van der Waals surface area contributed by atoms with Crippen LogP contribution in [0.5, 0.6) is 0 Å². The molecule has 1 aliphatic carbocycles. The van der Waals surface area contributed by atoms with E-state index in [0.717, 1.165) is 98.5 Å². The van der Waals surface area contributed by atoms with Gasteiger partial charge in [-0.15, -0.1) is 0 Å². The van der Waals surface area contributed by atoms with E-state index >= 15 is 0 Å². The van der Waals surface area contributed by atoms with Crippen molar-refractivity contribution in [1.29, 1.82) is 0 Å². The Hall–Kier alpha value is -4.89. The predicted octanol–water partition coefficient (Wildman–Crippen LogP) is 12.1. The zero-order valence-electron chi connectivity index (χ0n) is 35.9. The molecule has 4 aromatic heterocycles. The number of hydrogen-bond acceptors (Lipinski definition) is 5. The molecule has 2 atom stereocenters. The topological polar surface area (TPSA) is 70.1 Å². The van der Waals surface area contributed by atoms with Crippen LogP contribution in [-0.2, 0) is 31.2 Å². The molecule has 8 nitrogen and oxygen atoms in total. The van der Waals surface area contributed by atoms with Crippen LogP contribution in [0.25, 0.3) is 32.9 Å². The fourth-order valence-electron chi connectivity index (χ4n) is 9.22. The Labute approximate surface area is 358 Å². The van der Waals surface area contributed by atoms with E-state index in [1.807, 2.05) is 49.2 Å². The van der Waals surface area contributed by atoms with E-state index < -0.39 is 0 Å². The number of carbonyl (C=O) groups excluding carboxylic acids is 1. The average molecular weight is 832 g/mol. The van der Waals surface area contributed by atoms with E-state index in [0.29, 0.717) is 30.4 Å². The molecule has 1 unspecified atom stereocenters. The number of rotatable bonds is 15. The second-order valence-electron chi connectivity index (χ2n) is 16.3. The minimum atomic E-state index is -0.0303. The largest absolute Gasteiger partial charge is 0.374 e. The van der Waals surface area contributed by atoms with Crippen LogP contribution in [0.4, 0.5) is 5.69 Å². The summed E-state index contributed by atoms with van der Waals surface area (Å²) in [7, 11) is 1.99. The lowest BCUT2D eigenvalue weighted by atomic mass is 9.98. The number of carbonyl (C=O) groups is 1. The molecule has 1 aliphatic rings. The minimum Gasteiger partial charge on any atom is -0.374 e. The maximum absolute atomic E-state index is 12.6. The highest BCUT2D eigenvalue weighted by Gasteiger charge is 2.27. The number of ether oxygens (including phenoxy) is 1. The first-order valence-electron chi connectivity index (χ1n) is 20.7. The molecule has 0 saturated carbocycles. The summed E-state index contributed by atoms with van der Waals surface area (Å²) in [6, 6.07) is 14.7. The first-order chi connectivity index (χ1) is 28.3. The van der Waals surface area contributed by atoms with Gasteiger partial charge in [0.1, 0.15) is 0 Å². The summed E-state index contributed by atoms with van der Waals surface area (Å²) in [4.78, 5) is 19.5. The van der Waals surface area contributed by atoms with Crippen LogP contribution in [-0.4, -0.2) is 49.4 Å². The Kier molecular flexibility index (Phi) is 12.4. The van der Waals surface area contributed by atoms with Gasteiger partial charge in [0, 0.05) is 70.8 Å². The number of pyridine rings is 1. The van der Waals surface area contributed by atoms with Gasteiger partial charge in [0.25, 0.3) is 0 Å². The number of benzene rings is 2. The Bertz CT molecular complexity index is 2660. The lowest BCUT2D eigenvalue weighted by molar-refractivity contribution is 0.0822. The van der Waals surface area contributed by atoms with E-state index in [-0.39, 0.29) is 12.1 Å². The van der Waals surface area contributed by atoms with Gasteiger partial charge in [-0.05, 0) is 139 Å². The van der Waals surface area contributed by atoms with Gasteiger partial charge in [-0.1, -0.05) is 54.4 Å². The lowest BCUT2D eigenvalue weighted by Gasteiger charge is -2.29. The van der Waals surface area contributed by atoms with Crippen molar-refractivity contribution in [2.75, 3.05) is 18.1 Å². The van der Waals surface area contributed by atoms with Crippen LogP contribution >= 0.6 is 23.2 Å². The van der Waals surface area contributed by atoms with Crippen molar-refractivity contribution in [3.63, 3.8) is 0 Å². The molecule has 59 heavy (non-hydrogen) atoms.